The lowest BCUT2D eigenvalue weighted by Crippen LogP contribution is -2.47. The summed E-state index contributed by atoms with van der Waals surface area (Å²) >= 11 is 0. The van der Waals surface area contributed by atoms with Gasteiger partial charge in [0.05, 0.1) is 13.0 Å². The summed E-state index contributed by atoms with van der Waals surface area (Å²) in [5, 5.41) is 16.7. The molecule has 1 atom stereocenters. The minimum atomic E-state index is -1.39. The second kappa shape index (κ2) is 6.33. The van der Waals surface area contributed by atoms with Gasteiger partial charge in [0.15, 0.2) is 5.82 Å². The van der Waals surface area contributed by atoms with Crippen LogP contribution in [0.1, 0.15) is 18.1 Å². The zero-order valence-electron chi connectivity index (χ0n) is 10.0. The maximum atomic E-state index is 11.4. The first-order valence-corrected chi connectivity index (χ1v) is 5.23. The van der Waals surface area contributed by atoms with Gasteiger partial charge in [0, 0.05) is 0 Å². The normalized spacial score (nSPS) is 11.6. The summed E-state index contributed by atoms with van der Waals surface area (Å²) in [5.41, 5.74) is 4.87. The van der Waals surface area contributed by atoms with Gasteiger partial charge in [-0.25, -0.2) is 9.59 Å². The molecule has 0 aliphatic heterocycles. The number of urea groups is 1. The number of aromatic nitrogens is 2. The summed E-state index contributed by atoms with van der Waals surface area (Å²) in [6.07, 6.45) is -0.498. The lowest BCUT2D eigenvalue weighted by atomic mass is 10.2. The van der Waals surface area contributed by atoms with Crippen LogP contribution in [0, 0.1) is 6.92 Å². The summed E-state index contributed by atoms with van der Waals surface area (Å²) in [5.74, 6) is -1.61. The second-order valence-corrected chi connectivity index (χ2v) is 3.62. The van der Waals surface area contributed by atoms with E-state index >= 15 is 0 Å². The summed E-state index contributed by atoms with van der Waals surface area (Å²) in [4.78, 5) is 36.6. The van der Waals surface area contributed by atoms with E-state index in [0.29, 0.717) is 5.82 Å². The molecule has 0 aromatic carbocycles. The minimum Gasteiger partial charge on any atom is -0.480 e. The predicted octanol–water partition coefficient (Wildman–Crippen LogP) is -1.49. The summed E-state index contributed by atoms with van der Waals surface area (Å²) in [6, 6.07) is -2.17. The SMILES string of the molecule is Cc1noc(CNC(=O)N[C@@H](CC(N)=O)C(=O)O)n1. The number of carboxylic acids is 1. The largest absolute Gasteiger partial charge is 0.480 e. The Morgan fingerprint density at radius 2 is 2.16 bits per heavy atom. The van der Waals surface area contributed by atoms with Crippen molar-refractivity contribution in [3.8, 4) is 0 Å². The Labute approximate surface area is 107 Å². The number of hydrogen-bond acceptors (Lipinski definition) is 6. The predicted molar refractivity (Wildman–Crippen MR) is 59.6 cm³/mol. The Balaban J connectivity index is 2.44. The fourth-order valence-electron chi connectivity index (χ4n) is 1.18. The summed E-state index contributed by atoms with van der Waals surface area (Å²) in [7, 11) is 0. The third-order valence-corrected chi connectivity index (χ3v) is 1.98. The maximum Gasteiger partial charge on any atom is 0.326 e. The molecule has 1 rings (SSSR count). The first kappa shape index (κ1) is 14.4. The average Bonchev–Trinajstić information content (AvgIpc) is 2.71. The molecule has 10 nitrogen and oxygen atoms in total. The molecule has 3 amide bonds. The smallest absolute Gasteiger partial charge is 0.326 e. The van der Waals surface area contributed by atoms with E-state index in [-0.39, 0.29) is 12.4 Å². The lowest BCUT2D eigenvalue weighted by molar-refractivity contribution is -0.140. The number of primary amides is 1. The Kier molecular flexibility index (Phi) is 4.80. The molecule has 10 heteroatoms. The molecule has 0 aliphatic carbocycles. The van der Waals surface area contributed by atoms with Crippen molar-refractivity contribution in [2.24, 2.45) is 5.73 Å². The lowest BCUT2D eigenvalue weighted by Gasteiger charge is -2.12. The van der Waals surface area contributed by atoms with Crippen molar-refractivity contribution < 1.29 is 24.0 Å². The van der Waals surface area contributed by atoms with Crippen LogP contribution in [-0.4, -0.2) is 39.2 Å². The molecule has 104 valence electrons. The molecule has 1 aromatic rings. The fraction of sp³-hybridized carbons (Fsp3) is 0.444. The van der Waals surface area contributed by atoms with Gasteiger partial charge in [-0.15, -0.1) is 0 Å². The van der Waals surface area contributed by atoms with Gasteiger partial charge >= 0.3 is 12.0 Å². The number of aryl methyl sites for hydroxylation is 1. The van der Waals surface area contributed by atoms with Gasteiger partial charge in [-0.3, -0.25) is 4.79 Å². The quantitative estimate of drug-likeness (QED) is 0.489. The first-order valence-electron chi connectivity index (χ1n) is 5.23. The minimum absolute atomic E-state index is 0.0599. The van der Waals surface area contributed by atoms with Crippen molar-refractivity contribution in [2.75, 3.05) is 0 Å². The number of hydrogen-bond donors (Lipinski definition) is 4. The maximum absolute atomic E-state index is 11.4. The van der Waals surface area contributed by atoms with Gasteiger partial charge in [0.25, 0.3) is 0 Å². The van der Waals surface area contributed by atoms with E-state index in [1.165, 1.54) is 0 Å². The molecule has 0 fully saturated rings. The molecule has 19 heavy (non-hydrogen) atoms. The highest BCUT2D eigenvalue weighted by molar-refractivity contribution is 5.87. The standard InChI is InChI=1S/C9H13N5O5/c1-4-12-7(19-14-4)3-11-9(18)13-5(8(16)17)2-6(10)15/h5H,2-3H2,1H3,(H2,10,15)(H,16,17)(H2,11,13,18)/t5-/m0/s1. The molecule has 0 bridgehead atoms. The molecular formula is C9H13N5O5. The number of nitrogens with one attached hydrogen (secondary N) is 2. The van der Waals surface area contributed by atoms with Crippen LogP contribution < -0.4 is 16.4 Å². The van der Waals surface area contributed by atoms with Crippen LogP contribution in [0.3, 0.4) is 0 Å². The monoisotopic (exact) mass is 271 g/mol. The first-order chi connectivity index (χ1) is 8.88. The highest BCUT2D eigenvalue weighted by Gasteiger charge is 2.22. The zero-order valence-corrected chi connectivity index (χ0v) is 10.0. The number of rotatable bonds is 6. The van der Waals surface area contributed by atoms with Crippen LogP contribution in [0.2, 0.25) is 0 Å². The summed E-state index contributed by atoms with van der Waals surface area (Å²) in [6.45, 7) is 1.55. The molecule has 0 saturated heterocycles. The Bertz CT molecular complexity index is 485. The molecule has 0 radical (unpaired) electrons. The second-order valence-electron chi connectivity index (χ2n) is 3.62. The van der Waals surface area contributed by atoms with Crippen molar-refractivity contribution in [3.63, 3.8) is 0 Å². The van der Waals surface area contributed by atoms with Crippen LogP contribution in [-0.2, 0) is 16.1 Å². The van der Waals surface area contributed by atoms with Gasteiger partial charge in [0.2, 0.25) is 11.8 Å². The Hall–Kier alpha value is -2.65. The topological polar surface area (TPSA) is 160 Å². The third kappa shape index (κ3) is 5.02. The van der Waals surface area contributed by atoms with Gasteiger partial charge in [-0.2, -0.15) is 4.98 Å². The highest BCUT2D eigenvalue weighted by atomic mass is 16.5. The van der Waals surface area contributed by atoms with E-state index in [0.717, 1.165) is 0 Å². The van der Waals surface area contributed by atoms with E-state index in [1.54, 1.807) is 6.92 Å². The van der Waals surface area contributed by atoms with E-state index < -0.39 is 30.4 Å². The Morgan fingerprint density at radius 3 is 2.63 bits per heavy atom. The van der Waals surface area contributed by atoms with Crippen LogP contribution in [0.4, 0.5) is 4.79 Å². The van der Waals surface area contributed by atoms with Crippen LogP contribution >= 0.6 is 0 Å². The number of carbonyl (C=O) groups is 3. The average molecular weight is 271 g/mol. The van der Waals surface area contributed by atoms with Gasteiger partial charge in [0.1, 0.15) is 6.04 Å². The molecule has 1 aromatic heterocycles. The number of nitrogens with zero attached hydrogens (tertiary/aromatic N) is 2. The zero-order chi connectivity index (χ0) is 14.4. The van der Waals surface area contributed by atoms with Crippen LogP contribution in [0.25, 0.3) is 0 Å². The molecular weight excluding hydrogens is 258 g/mol. The number of amides is 3. The summed E-state index contributed by atoms with van der Waals surface area (Å²) < 4.78 is 4.74. The van der Waals surface area contributed by atoms with E-state index in [1.807, 2.05) is 0 Å². The van der Waals surface area contributed by atoms with Crippen molar-refractivity contribution in [3.05, 3.63) is 11.7 Å². The van der Waals surface area contributed by atoms with Crippen molar-refractivity contribution in [1.82, 2.24) is 20.8 Å². The van der Waals surface area contributed by atoms with Crippen LogP contribution in [0.5, 0.6) is 0 Å². The molecule has 1 heterocycles. The van der Waals surface area contributed by atoms with Gasteiger partial charge < -0.3 is 26.0 Å². The van der Waals surface area contributed by atoms with E-state index in [4.69, 9.17) is 15.4 Å². The van der Waals surface area contributed by atoms with Crippen LogP contribution in [0.15, 0.2) is 4.52 Å². The number of nitrogens with two attached hydrogens (primary N) is 1. The van der Waals surface area contributed by atoms with E-state index in [2.05, 4.69) is 20.8 Å². The Morgan fingerprint density at radius 1 is 1.47 bits per heavy atom. The number of carboxylic acid groups (broad SMARTS) is 1. The molecule has 0 spiro atoms. The van der Waals surface area contributed by atoms with Crippen molar-refractivity contribution in [1.29, 1.82) is 0 Å². The molecule has 5 N–H and O–H groups in total. The number of aliphatic carboxylic acids is 1. The van der Waals surface area contributed by atoms with Crippen molar-refractivity contribution in [2.45, 2.75) is 25.9 Å². The molecule has 0 saturated carbocycles. The highest BCUT2D eigenvalue weighted by Crippen LogP contribution is 1.95. The van der Waals surface area contributed by atoms with Gasteiger partial charge in [-0.1, -0.05) is 5.16 Å². The molecule has 0 aliphatic rings. The molecule has 0 unspecified atom stereocenters. The third-order valence-electron chi connectivity index (χ3n) is 1.98. The van der Waals surface area contributed by atoms with Crippen molar-refractivity contribution >= 4 is 17.9 Å². The van der Waals surface area contributed by atoms with E-state index in [9.17, 15) is 14.4 Å². The van der Waals surface area contributed by atoms with Gasteiger partial charge in [-0.05, 0) is 6.92 Å². The number of carbonyl (C=O) groups excluding carboxylic acids is 2. The fourth-order valence-corrected chi connectivity index (χ4v) is 1.18.